The van der Waals surface area contributed by atoms with Crippen LogP contribution in [0.3, 0.4) is 0 Å². The van der Waals surface area contributed by atoms with Gasteiger partial charge in [0.05, 0.1) is 0 Å². The van der Waals surface area contributed by atoms with Crippen LogP contribution >= 0.6 is 0 Å². The highest BCUT2D eigenvalue weighted by atomic mass is 16.1. The minimum atomic E-state index is -0.0582. The zero-order valence-electron chi connectivity index (χ0n) is 15.4. The molecule has 1 unspecified atom stereocenters. The van der Waals surface area contributed by atoms with Crippen LogP contribution in [0.1, 0.15) is 49.4 Å². The molecular weight excluding hydrogens is 322 g/mol. The summed E-state index contributed by atoms with van der Waals surface area (Å²) in [7, 11) is 0. The van der Waals surface area contributed by atoms with E-state index in [1.54, 1.807) is 12.3 Å². The number of benzene rings is 1. The maximum absolute atomic E-state index is 11.8. The predicted octanol–water partition coefficient (Wildman–Crippen LogP) is 4.65. The first-order valence-corrected chi connectivity index (χ1v) is 9.10. The Labute approximate surface area is 152 Å². The fraction of sp³-hybridized carbons (Fsp3) is 0.273. The molecule has 1 aromatic carbocycles. The number of aromatic nitrogens is 3. The van der Waals surface area contributed by atoms with E-state index in [1.807, 2.05) is 12.3 Å². The van der Waals surface area contributed by atoms with Crippen molar-refractivity contribution in [2.24, 2.45) is 0 Å². The molecule has 3 heterocycles. The minimum Gasteiger partial charge on any atom is -0.328 e. The number of aromatic amines is 1. The van der Waals surface area contributed by atoms with E-state index in [0.29, 0.717) is 11.8 Å². The van der Waals surface area contributed by atoms with Gasteiger partial charge in [0.2, 0.25) is 5.56 Å². The molecule has 0 aliphatic carbocycles. The molecule has 132 valence electrons. The molecule has 4 heteroatoms. The summed E-state index contributed by atoms with van der Waals surface area (Å²) >= 11 is 0. The third kappa shape index (κ3) is 2.92. The average Bonchev–Trinajstić information content (AvgIpc) is 3.04. The molecule has 0 aliphatic heterocycles. The standard InChI is InChI=1S/C22H23N3O/c1-14(2)20-13-23-21-10-16(7-8-25(20)21)9-15(3)18-6-4-5-17-12-24-22(26)11-19(17)18/h4-8,10-15H,9H2,1-3H3,(H,24,26). The molecule has 0 saturated carbocycles. The second-order valence-electron chi connectivity index (χ2n) is 7.35. The van der Waals surface area contributed by atoms with Crippen molar-refractivity contribution in [1.29, 1.82) is 0 Å². The van der Waals surface area contributed by atoms with E-state index in [1.165, 1.54) is 16.8 Å². The van der Waals surface area contributed by atoms with Crippen molar-refractivity contribution in [2.75, 3.05) is 0 Å². The Morgan fingerprint density at radius 2 is 2.00 bits per heavy atom. The molecule has 4 aromatic rings. The van der Waals surface area contributed by atoms with Crippen LogP contribution < -0.4 is 5.56 Å². The first kappa shape index (κ1) is 16.6. The summed E-state index contributed by atoms with van der Waals surface area (Å²) in [5, 5.41) is 2.10. The van der Waals surface area contributed by atoms with E-state index >= 15 is 0 Å². The number of H-pyrrole nitrogens is 1. The van der Waals surface area contributed by atoms with E-state index in [2.05, 4.69) is 65.6 Å². The number of pyridine rings is 2. The van der Waals surface area contributed by atoms with Crippen LogP contribution in [0.4, 0.5) is 0 Å². The van der Waals surface area contributed by atoms with Gasteiger partial charge in [0.15, 0.2) is 0 Å². The van der Waals surface area contributed by atoms with Crippen molar-refractivity contribution in [2.45, 2.75) is 39.0 Å². The monoisotopic (exact) mass is 345 g/mol. The zero-order valence-corrected chi connectivity index (χ0v) is 15.4. The van der Waals surface area contributed by atoms with Gasteiger partial charge in [0.25, 0.3) is 0 Å². The molecule has 0 saturated heterocycles. The van der Waals surface area contributed by atoms with Gasteiger partial charge in [-0.3, -0.25) is 4.79 Å². The normalized spacial score (nSPS) is 12.9. The third-order valence-electron chi connectivity index (χ3n) is 5.09. The lowest BCUT2D eigenvalue weighted by Crippen LogP contribution is -2.05. The Morgan fingerprint density at radius 1 is 1.15 bits per heavy atom. The smallest absolute Gasteiger partial charge is 0.248 e. The van der Waals surface area contributed by atoms with E-state index in [-0.39, 0.29) is 5.56 Å². The summed E-state index contributed by atoms with van der Waals surface area (Å²) in [4.78, 5) is 19.1. The summed E-state index contributed by atoms with van der Waals surface area (Å²) < 4.78 is 2.16. The van der Waals surface area contributed by atoms with Gasteiger partial charge in [-0.15, -0.1) is 0 Å². The lowest BCUT2D eigenvalue weighted by molar-refractivity contribution is 0.762. The molecule has 3 aromatic heterocycles. The largest absolute Gasteiger partial charge is 0.328 e. The Balaban J connectivity index is 1.68. The number of imidazole rings is 1. The van der Waals surface area contributed by atoms with Gasteiger partial charge in [-0.25, -0.2) is 4.98 Å². The SMILES string of the molecule is CC(C)c1cnc2cc(CC(C)c3cccc4c[nH]c(=O)cc34)ccn12. The van der Waals surface area contributed by atoms with Gasteiger partial charge >= 0.3 is 0 Å². The maximum Gasteiger partial charge on any atom is 0.248 e. The fourth-order valence-corrected chi connectivity index (χ4v) is 3.71. The molecule has 1 N–H and O–H groups in total. The van der Waals surface area contributed by atoms with E-state index in [4.69, 9.17) is 0 Å². The summed E-state index contributed by atoms with van der Waals surface area (Å²) in [5.41, 5.74) is 4.63. The number of nitrogens with one attached hydrogen (secondary N) is 1. The van der Waals surface area contributed by atoms with Crippen LogP contribution in [0.2, 0.25) is 0 Å². The summed E-state index contributed by atoms with van der Waals surface area (Å²) in [6.07, 6.45) is 6.78. The highest BCUT2D eigenvalue weighted by molar-refractivity contribution is 5.85. The summed E-state index contributed by atoms with van der Waals surface area (Å²) in [5.74, 6) is 0.756. The van der Waals surface area contributed by atoms with Crippen molar-refractivity contribution in [3.8, 4) is 0 Å². The van der Waals surface area contributed by atoms with Crippen LogP contribution in [-0.4, -0.2) is 14.4 Å². The first-order valence-electron chi connectivity index (χ1n) is 9.10. The number of nitrogens with zero attached hydrogens (tertiary/aromatic N) is 2. The number of fused-ring (bicyclic) bond motifs is 2. The van der Waals surface area contributed by atoms with Gasteiger partial charge in [-0.2, -0.15) is 0 Å². The highest BCUT2D eigenvalue weighted by Crippen LogP contribution is 2.27. The minimum absolute atomic E-state index is 0.0582. The molecule has 0 fully saturated rings. The summed E-state index contributed by atoms with van der Waals surface area (Å²) in [6, 6.07) is 12.3. The molecule has 0 amide bonds. The van der Waals surface area contributed by atoms with Crippen LogP contribution in [0.25, 0.3) is 16.4 Å². The Hall–Kier alpha value is -2.88. The van der Waals surface area contributed by atoms with Gasteiger partial charge in [-0.05, 0) is 52.3 Å². The zero-order chi connectivity index (χ0) is 18.3. The lowest BCUT2D eigenvalue weighted by atomic mass is 9.90. The fourth-order valence-electron chi connectivity index (χ4n) is 3.71. The Bertz CT molecular complexity index is 1140. The molecule has 0 bridgehead atoms. The topological polar surface area (TPSA) is 50.2 Å². The lowest BCUT2D eigenvalue weighted by Gasteiger charge is -2.15. The Morgan fingerprint density at radius 3 is 2.81 bits per heavy atom. The number of hydrogen-bond acceptors (Lipinski definition) is 2. The van der Waals surface area contributed by atoms with Crippen molar-refractivity contribution >= 4 is 16.4 Å². The van der Waals surface area contributed by atoms with E-state index in [9.17, 15) is 4.79 Å². The van der Waals surface area contributed by atoms with Gasteiger partial charge in [0.1, 0.15) is 5.65 Å². The van der Waals surface area contributed by atoms with Crippen LogP contribution in [0, 0.1) is 0 Å². The average molecular weight is 345 g/mol. The molecule has 26 heavy (non-hydrogen) atoms. The number of hydrogen-bond donors (Lipinski definition) is 1. The van der Waals surface area contributed by atoms with Crippen LogP contribution in [0.15, 0.2) is 59.8 Å². The van der Waals surface area contributed by atoms with Gasteiger partial charge < -0.3 is 9.38 Å². The maximum atomic E-state index is 11.8. The molecule has 0 spiro atoms. The Kier molecular flexibility index (Phi) is 4.11. The van der Waals surface area contributed by atoms with Crippen molar-refractivity contribution < 1.29 is 0 Å². The van der Waals surface area contributed by atoms with Gasteiger partial charge in [0, 0.05) is 30.4 Å². The summed E-state index contributed by atoms with van der Waals surface area (Å²) in [6.45, 7) is 6.58. The number of rotatable bonds is 4. The molecular formula is C22H23N3O. The highest BCUT2D eigenvalue weighted by Gasteiger charge is 2.13. The van der Waals surface area contributed by atoms with Crippen molar-refractivity contribution in [3.05, 3.63) is 82.2 Å². The second-order valence-corrected chi connectivity index (χ2v) is 7.35. The molecule has 0 aliphatic rings. The molecule has 4 nitrogen and oxygen atoms in total. The van der Waals surface area contributed by atoms with Gasteiger partial charge in [-0.1, -0.05) is 39.0 Å². The van der Waals surface area contributed by atoms with Crippen molar-refractivity contribution in [3.63, 3.8) is 0 Å². The third-order valence-corrected chi connectivity index (χ3v) is 5.09. The predicted molar refractivity (Wildman–Crippen MR) is 106 cm³/mol. The van der Waals surface area contributed by atoms with E-state index in [0.717, 1.165) is 22.8 Å². The van der Waals surface area contributed by atoms with Crippen molar-refractivity contribution in [1.82, 2.24) is 14.4 Å². The quantitative estimate of drug-likeness (QED) is 0.585. The van der Waals surface area contributed by atoms with Crippen LogP contribution in [-0.2, 0) is 6.42 Å². The van der Waals surface area contributed by atoms with Crippen LogP contribution in [0.5, 0.6) is 0 Å². The first-order chi connectivity index (χ1) is 12.5. The second kappa shape index (κ2) is 6.45. The molecule has 4 rings (SSSR count). The molecule has 1 atom stereocenters. The van der Waals surface area contributed by atoms with E-state index < -0.39 is 0 Å². The molecule has 0 radical (unpaired) electrons.